The van der Waals surface area contributed by atoms with Crippen LogP contribution in [0.15, 0.2) is 59.1 Å². The van der Waals surface area contributed by atoms with Crippen LogP contribution in [0.4, 0.5) is 17.6 Å². The van der Waals surface area contributed by atoms with E-state index in [-0.39, 0.29) is 6.04 Å². The summed E-state index contributed by atoms with van der Waals surface area (Å²) >= 11 is 3.63. The highest BCUT2D eigenvalue weighted by molar-refractivity contribution is 9.10. The number of nitrogens with zero attached hydrogens (tertiary/aromatic N) is 6. The van der Waals surface area contributed by atoms with Crippen LogP contribution < -0.4 is 15.1 Å². The highest BCUT2D eigenvalue weighted by atomic mass is 79.9. The quantitative estimate of drug-likeness (QED) is 0.630. The van der Waals surface area contributed by atoms with Crippen LogP contribution in [0, 0.1) is 0 Å². The fourth-order valence-corrected chi connectivity index (χ4v) is 4.60. The molecule has 2 aromatic heterocycles. The highest BCUT2D eigenvalue weighted by Gasteiger charge is 2.35. The summed E-state index contributed by atoms with van der Waals surface area (Å²) in [5.74, 6) is 1.42. The fraction of sp³-hybridized carbons (Fsp3) is 0.273. The predicted molar refractivity (Wildman–Crippen MR) is 123 cm³/mol. The molecule has 3 aromatic rings. The van der Waals surface area contributed by atoms with Gasteiger partial charge in [-0.2, -0.15) is 0 Å². The largest absolute Gasteiger partial charge is 0.381 e. The zero-order valence-corrected chi connectivity index (χ0v) is 18.5. The third kappa shape index (κ3) is 3.31. The number of aromatic nitrogens is 4. The number of nitrogens with one attached hydrogen (secondary N) is 1. The Morgan fingerprint density at radius 3 is 2.60 bits per heavy atom. The Bertz CT molecular complexity index is 1100. The Kier molecular flexibility index (Phi) is 4.86. The van der Waals surface area contributed by atoms with Crippen molar-refractivity contribution in [2.75, 3.05) is 42.3 Å². The minimum Gasteiger partial charge on any atom is -0.381 e. The maximum atomic E-state index is 4.57. The number of halogens is 1. The summed E-state index contributed by atoms with van der Waals surface area (Å²) < 4.78 is 1.08. The van der Waals surface area contributed by atoms with Crippen LogP contribution in [0.2, 0.25) is 0 Å². The van der Waals surface area contributed by atoms with E-state index < -0.39 is 0 Å². The molecule has 0 spiro atoms. The van der Waals surface area contributed by atoms with Crippen molar-refractivity contribution in [3.63, 3.8) is 0 Å². The third-order valence-corrected chi connectivity index (χ3v) is 6.08. The molecule has 8 heteroatoms. The molecular weight excluding hydrogens is 442 g/mol. The van der Waals surface area contributed by atoms with E-state index >= 15 is 0 Å². The van der Waals surface area contributed by atoms with E-state index in [0.717, 1.165) is 35.5 Å². The van der Waals surface area contributed by atoms with Crippen molar-refractivity contribution >= 4 is 39.1 Å². The first-order valence-electron chi connectivity index (χ1n) is 9.90. The maximum absolute atomic E-state index is 4.57. The van der Waals surface area contributed by atoms with Gasteiger partial charge in [0.2, 0.25) is 11.9 Å². The van der Waals surface area contributed by atoms with Crippen LogP contribution in [-0.2, 0) is 0 Å². The monoisotopic (exact) mass is 463 g/mol. The maximum Gasteiger partial charge on any atom is 0.226 e. The van der Waals surface area contributed by atoms with Gasteiger partial charge in [0.25, 0.3) is 0 Å². The molecule has 1 N–H and O–H groups in total. The zero-order chi connectivity index (χ0) is 20.7. The van der Waals surface area contributed by atoms with Crippen LogP contribution in [0.25, 0.3) is 5.57 Å². The number of fused-ring (bicyclic) bond motifs is 2. The molecule has 2 aliphatic heterocycles. The summed E-state index contributed by atoms with van der Waals surface area (Å²) in [4.78, 5) is 22.4. The Labute approximate surface area is 184 Å². The van der Waals surface area contributed by atoms with Gasteiger partial charge in [0.1, 0.15) is 0 Å². The van der Waals surface area contributed by atoms with Crippen LogP contribution in [0.1, 0.15) is 23.6 Å². The van der Waals surface area contributed by atoms with Crippen molar-refractivity contribution in [3.8, 4) is 0 Å². The third-order valence-electron chi connectivity index (χ3n) is 5.59. The minimum absolute atomic E-state index is 0.0213. The van der Waals surface area contributed by atoms with Gasteiger partial charge in [-0.15, -0.1) is 0 Å². The highest BCUT2D eigenvalue weighted by Crippen LogP contribution is 2.45. The standard InChI is InChI=1S/C22H22BrN7/c1-29(2)21-27-11-14(12-28-21)20-18-13-26-19-5-4-15(23)10-17(19)16(18)6-9-30(20)22-24-7-3-8-25-22/h3-5,7-8,10-12,20,26H,6,9,13H2,1-2H3. The van der Waals surface area contributed by atoms with Crippen molar-refractivity contribution in [2.24, 2.45) is 0 Å². The molecule has 4 heterocycles. The number of benzene rings is 1. The molecule has 0 bridgehead atoms. The first-order chi connectivity index (χ1) is 14.6. The predicted octanol–water partition coefficient (Wildman–Crippen LogP) is 3.93. The van der Waals surface area contributed by atoms with Gasteiger partial charge in [-0.1, -0.05) is 15.9 Å². The SMILES string of the molecule is CN(C)c1ncc(C2C3=C(CCN2c2ncccn2)c2cc(Br)ccc2NC3)cn1. The van der Waals surface area contributed by atoms with Crippen molar-refractivity contribution in [3.05, 3.63) is 70.2 Å². The molecule has 1 atom stereocenters. The van der Waals surface area contributed by atoms with Gasteiger partial charge in [0, 0.05) is 73.3 Å². The Morgan fingerprint density at radius 1 is 1.10 bits per heavy atom. The average Bonchev–Trinajstić information content (AvgIpc) is 2.78. The average molecular weight is 464 g/mol. The van der Waals surface area contributed by atoms with Gasteiger partial charge < -0.3 is 15.1 Å². The lowest BCUT2D eigenvalue weighted by Crippen LogP contribution is -2.39. The fourth-order valence-electron chi connectivity index (χ4n) is 4.24. The molecule has 5 rings (SSSR count). The zero-order valence-electron chi connectivity index (χ0n) is 16.9. The van der Waals surface area contributed by atoms with Gasteiger partial charge >= 0.3 is 0 Å². The summed E-state index contributed by atoms with van der Waals surface area (Å²) in [5.41, 5.74) is 6.19. The number of anilines is 3. The first-order valence-corrected chi connectivity index (χ1v) is 10.7. The van der Waals surface area contributed by atoms with Crippen molar-refractivity contribution in [1.29, 1.82) is 0 Å². The second-order valence-electron chi connectivity index (χ2n) is 7.65. The normalized spacial score (nSPS) is 17.8. The summed E-state index contributed by atoms with van der Waals surface area (Å²) in [5, 5.41) is 3.60. The molecule has 0 aliphatic carbocycles. The van der Waals surface area contributed by atoms with E-state index in [2.05, 4.69) is 64.3 Å². The summed E-state index contributed by atoms with van der Waals surface area (Å²) in [7, 11) is 3.89. The molecule has 0 saturated carbocycles. The molecular formula is C22H22BrN7. The Balaban J connectivity index is 1.65. The molecule has 0 amide bonds. The Morgan fingerprint density at radius 2 is 1.87 bits per heavy atom. The van der Waals surface area contributed by atoms with Gasteiger partial charge in [-0.05, 0) is 41.8 Å². The lowest BCUT2D eigenvalue weighted by atomic mass is 9.83. The van der Waals surface area contributed by atoms with Crippen LogP contribution >= 0.6 is 15.9 Å². The molecule has 0 radical (unpaired) electrons. The lowest BCUT2D eigenvalue weighted by Gasteiger charge is -2.41. The van der Waals surface area contributed by atoms with Gasteiger partial charge in [-0.3, -0.25) is 0 Å². The number of hydrogen-bond acceptors (Lipinski definition) is 7. The topological polar surface area (TPSA) is 70.1 Å². The Hall–Kier alpha value is -3.00. The molecule has 30 heavy (non-hydrogen) atoms. The van der Waals surface area contributed by atoms with E-state index in [1.807, 2.05) is 37.5 Å². The van der Waals surface area contributed by atoms with Crippen molar-refractivity contribution < 1.29 is 0 Å². The lowest BCUT2D eigenvalue weighted by molar-refractivity contribution is 0.635. The van der Waals surface area contributed by atoms with Gasteiger partial charge in [0.15, 0.2) is 0 Å². The molecule has 2 aliphatic rings. The van der Waals surface area contributed by atoms with Crippen molar-refractivity contribution in [2.45, 2.75) is 12.5 Å². The molecule has 7 nitrogen and oxygen atoms in total. The van der Waals surface area contributed by atoms with Crippen LogP contribution in [0.5, 0.6) is 0 Å². The first kappa shape index (κ1) is 19.0. The summed E-state index contributed by atoms with van der Waals surface area (Å²) in [6.45, 7) is 1.60. The second-order valence-corrected chi connectivity index (χ2v) is 8.57. The number of rotatable bonds is 3. The molecule has 152 valence electrons. The van der Waals surface area contributed by atoms with Crippen LogP contribution in [-0.4, -0.2) is 47.1 Å². The molecule has 1 unspecified atom stereocenters. The van der Waals surface area contributed by atoms with E-state index in [0.29, 0.717) is 5.95 Å². The van der Waals surface area contributed by atoms with E-state index in [9.17, 15) is 0 Å². The van der Waals surface area contributed by atoms with Crippen molar-refractivity contribution in [1.82, 2.24) is 19.9 Å². The summed E-state index contributed by atoms with van der Waals surface area (Å²) in [6.07, 6.45) is 8.37. The molecule has 0 fully saturated rings. The van der Waals surface area contributed by atoms with E-state index in [1.165, 1.54) is 22.4 Å². The minimum atomic E-state index is -0.0213. The van der Waals surface area contributed by atoms with E-state index in [1.54, 1.807) is 12.4 Å². The molecule has 1 aromatic carbocycles. The van der Waals surface area contributed by atoms with Gasteiger partial charge in [0.05, 0.1) is 6.04 Å². The van der Waals surface area contributed by atoms with E-state index in [4.69, 9.17) is 0 Å². The summed E-state index contributed by atoms with van der Waals surface area (Å²) in [6, 6.07) is 8.24. The number of hydrogen-bond donors (Lipinski definition) is 1. The van der Waals surface area contributed by atoms with Gasteiger partial charge in [-0.25, -0.2) is 19.9 Å². The second kappa shape index (κ2) is 7.68. The smallest absolute Gasteiger partial charge is 0.226 e. The molecule has 0 saturated heterocycles. The van der Waals surface area contributed by atoms with Crippen LogP contribution in [0.3, 0.4) is 0 Å².